The quantitative estimate of drug-likeness (QED) is 0.699. The van der Waals surface area contributed by atoms with Crippen molar-refractivity contribution in [3.63, 3.8) is 0 Å². The van der Waals surface area contributed by atoms with Crippen LogP contribution in [0.3, 0.4) is 0 Å². The predicted octanol–water partition coefficient (Wildman–Crippen LogP) is 4.03. The molecule has 0 aliphatic heterocycles. The van der Waals surface area contributed by atoms with Crippen LogP contribution < -0.4 is 5.32 Å². The van der Waals surface area contributed by atoms with Crippen LogP contribution in [0.15, 0.2) is 18.2 Å². The number of nitrogens with one attached hydrogen (secondary N) is 2. The summed E-state index contributed by atoms with van der Waals surface area (Å²) < 4.78 is 4.87. The first-order valence-electron chi connectivity index (χ1n) is 8.82. The number of esters is 1. The van der Waals surface area contributed by atoms with Crippen molar-refractivity contribution in [3.8, 4) is 0 Å². The molecule has 0 fully saturated rings. The highest BCUT2D eigenvalue weighted by molar-refractivity contribution is 6.31. The number of aromatic amines is 1. The number of ether oxygens (including phenoxy) is 1. The summed E-state index contributed by atoms with van der Waals surface area (Å²) in [5.41, 5.74) is 3.70. The van der Waals surface area contributed by atoms with E-state index in [0.717, 1.165) is 12.0 Å². The number of rotatable bonds is 7. The van der Waals surface area contributed by atoms with Gasteiger partial charge < -0.3 is 19.9 Å². The largest absolute Gasteiger partial charge is 0.465 e. The molecule has 2 rings (SSSR count). The lowest BCUT2D eigenvalue weighted by Gasteiger charge is -2.13. The molecule has 0 spiro atoms. The van der Waals surface area contributed by atoms with Crippen LogP contribution in [0.5, 0.6) is 0 Å². The van der Waals surface area contributed by atoms with Gasteiger partial charge in [0.25, 0.3) is 5.91 Å². The molecule has 0 bridgehead atoms. The normalized spacial score (nSPS) is 10.9. The van der Waals surface area contributed by atoms with Gasteiger partial charge in [0, 0.05) is 22.9 Å². The Balaban J connectivity index is 2.35. The summed E-state index contributed by atoms with van der Waals surface area (Å²) in [7, 11) is 5.24. The summed E-state index contributed by atoms with van der Waals surface area (Å²) in [6.07, 6.45) is 1.40. The summed E-state index contributed by atoms with van der Waals surface area (Å²) >= 11 is 6.24. The van der Waals surface area contributed by atoms with Gasteiger partial charge in [-0.1, -0.05) is 24.9 Å². The third kappa shape index (κ3) is 4.90. The van der Waals surface area contributed by atoms with Crippen LogP contribution >= 0.6 is 11.6 Å². The van der Waals surface area contributed by atoms with E-state index >= 15 is 0 Å². The molecule has 0 atom stereocenters. The zero-order chi connectivity index (χ0) is 20.1. The van der Waals surface area contributed by atoms with Crippen molar-refractivity contribution < 1.29 is 14.3 Å². The van der Waals surface area contributed by atoms with Gasteiger partial charge in [0.1, 0.15) is 5.69 Å². The minimum absolute atomic E-state index is 0.296. The SMILES string of the molecule is CCCc1c(C(=O)Nc2ccc(Cl)c(CN(C)C)c2)[nH]c(C)c1C(=O)OC. The second kappa shape index (κ2) is 9.06. The van der Waals surface area contributed by atoms with Gasteiger partial charge in [0.15, 0.2) is 0 Å². The number of halogens is 1. The molecule has 0 saturated heterocycles. The van der Waals surface area contributed by atoms with E-state index in [1.807, 2.05) is 32.0 Å². The van der Waals surface area contributed by atoms with Gasteiger partial charge in [-0.3, -0.25) is 4.79 Å². The molecule has 146 valence electrons. The number of carbonyl (C=O) groups excluding carboxylic acids is 2. The van der Waals surface area contributed by atoms with Crippen LogP contribution in [-0.2, 0) is 17.7 Å². The lowest BCUT2D eigenvalue weighted by Crippen LogP contribution is -2.16. The fourth-order valence-corrected chi connectivity index (χ4v) is 3.23. The van der Waals surface area contributed by atoms with Crippen molar-refractivity contribution in [2.45, 2.75) is 33.2 Å². The highest BCUT2D eigenvalue weighted by Gasteiger charge is 2.24. The predicted molar refractivity (Wildman–Crippen MR) is 108 cm³/mol. The second-order valence-electron chi connectivity index (χ2n) is 6.72. The maximum atomic E-state index is 12.9. The lowest BCUT2D eigenvalue weighted by molar-refractivity contribution is 0.0599. The Morgan fingerprint density at radius 2 is 2.00 bits per heavy atom. The number of methoxy groups -OCH3 is 1. The molecule has 0 aliphatic rings. The molecule has 0 radical (unpaired) electrons. The molecule has 2 aromatic rings. The lowest BCUT2D eigenvalue weighted by atomic mass is 10.0. The minimum atomic E-state index is -0.439. The van der Waals surface area contributed by atoms with E-state index in [9.17, 15) is 9.59 Å². The number of nitrogens with zero attached hydrogens (tertiary/aromatic N) is 1. The van der Waals surface area contributed by atoms with Crippen molar-refractivity contribution in [1.82, 2.24) is 9.88 Å². The first kappa shape index (κ1) is 21.0. The van der Waals surface area contributed by atoms with Crippen LogP contribution in [-0.4, -0.2) is 43.0 Å². The zero-order valence-corrected chi connectivity index (χ0v) is 17.2. The molecule has 0 saturated carbocycles. The van der Waals surface area contributed by atoms with E-state index in [2.05, 4.69) is 10.3 Å². The van der Waals surface area contributed by atoms with Gasteiger partial charge >= 0.3 is 5.97 Å². The molecule has 1 aromatic carbocycles. The van der Waals surface area contributed by atoms with Crippen molar-refractivity contribution in [1.29, 1.82) is 0 Å². The Morgan fingerprint density at radius 3 is 2.59 bits per heavy atom. The smallest absolute Gasteiger partial charge is 0.339 e. The molecule has 1 aromatic heterocycles. The van der Waals surface area contributed by atoms with Gasteiger partial charge in [-0.05, 0) is 56.8 Å². The van der Waals surface area contributed by atoms with Crippen LogP contribution in [0.1, 0.15) is 51.0 Å². The van der Waals surface area contributed by atoms with Gasteiger partial charge in [0.05, 0.1) is 12.7 Å². The van der Waals surface area contributed by atoms with Crippen molar-refractivity contribution in [2.24, 2.45) is 0 Å². The van der Waals surface area contributed by atoms with Crippen LogP contribution in [0.25, 0.3) is 0 Å². The Bertz CT molecular complexity index is 843. The number of H-pyrrole nitrogens is 1. The highest BCUT2D eigenvalue weighted by atomic mass is 35.5. The fourth-order valence-electron chi connectivity index (χ4n) is 3.06. The van der Waals surface area contributed by atoms with Crippen LogP contribution in [0, 0.1) is 6.92 Å². The number of hydrogen-bond donors (Lipinski definition) is 2. The van der Waals surface area contributed by atoms with E-state index in [4.69, 9.17) is 16.3 Å². The van der Waals surface area contributed by atoms with Gasteiger partial charge in [-0.15, -0.1) is 0 Å². The third-order valence-corrected chi connectivity index (χ3v) is 4.57. The maximum absolute atomic E-state index is 12.9. The third-order valence-electron chi connectivity index (χ3n) is 4.20. The summed E-state index contributed by atoms with van der Waals surface area (Å²) in [6, 6.07) is 5.38. The number of carbonyl (C=O) groups is 2. The summed E-state index contributed by atoms with van der Waals surface area (Å²) in [5.74, 6) is -0.735. The van der Waals surface area contributed by atoms with Crippen molar-refractivity contribution in [2.75, 3.05) is 26.5 Å². The van der Waals surface area contributed by atoms with Crippen LogP contribution in [0.4, 0.5) is 5.69 Å². The molecule has 7 heteroatoms. The van der Waals surface area contributed by atoms with Gasteiger partial charge in [-0.2, -0.15) is 0 Å². The standard InChI is InChI=1S/C20H26ClN3O3/c1-6-7-15-17(20(26)27-5)12(2)22-18(15)19(25)23-14-8-9-16(21)13(10-14)11-24(3)4/h8-10,22H,6-7,11H2,1-5H3,(H,23,25). The molecule has 27 heavy (non-hydrogen) atoms. The molecule has 6 nitrogen and oxygen atoms in total. The number of anilines is 1. The second-order valence-corrected chi connectivity index (χ2v) is 7.13. The Labute approximate surface area is 164 Å². The Kier molecular flexibility index (Phi) is 7.05. The summed E-state index contributed by atoms with van der Waals surface area (Å²) in [4.78, 5) is 30.0. The van der Waals surface area contributed by atoms with Crippen molar-refractivity contribution in [3.05, 3.63) is 51.3 Å². The molecule has 1 amide bonds. The average Bonchev–Trinajstić information content (AvgIpc) is 2.93. The van der Waals surface area contributed by atoms with Gasteiger partial charge in [-0.25, -0.2) is 4.79 Å². The zero-order valence-electron chi connectivity index (χ0n) is 16.4. The fraction of sp³-hybridized carbons (Fsp3) is 0.400. The molecule has 0 unspecified atom stereocenters. The van der Waals surface area contributed by atoms with E-state index < -0.39 is 5.97 Å². The average molecular weight is 392 g/mol. The summed E-state index contributed by atoms with van der Waals surface area (Å²) in [6.45, 7) is 4.43. The first-order chi connectivity index (χ1) is 12.8. The minimum Gasteiger partial charge on any atom is -0.465 e. The Hall–Kier alpha value is -2.31. The number of aryl methyl sites for hydroxylation is 1. The molecular weight excluding hydrogens is 366 g/mol. The molecule has 0 aliphatic carbocycles. The molecular formula is C20H26ClN3O3. The number of aromatic nitrogens is 1. The van der Waals surface area contributed by atoms with E-state index in [1.54, 1.807) is 19.1 Å². The number of hydrogen-bond acceptors (Lipinski definition) is 4. The number of amides is 1. The van der Waals surface area contributed by atoms with E-state index in [1.165, 1.54) is 7.11 Å². The molecule has 1 heterocycles. The van der Waals surface area contributed by atoms with Crippen molar-refractivity contribution >= 4 is 29.2 Å². The first-order valence-corrected chi connectivity index (χ1v) is 9.20. The monoisotopic (exact) mass is 391 g/mol. The van der Waals surface area contributed by atoms with Crippen LogP contribution in [0.2, 0.25) is 5.02 Å². The van der Waals surface area contributed by atoms with E-state index in [0.29, 0.717) is 46.2 Å². The number of benzene rings is 1. The van der Waals surface area contributed by atoms with Gasteiger partial charge in [0.2, 0.25) is 0 Å². The topological polar surface area (TPSA) is 74.4 Å². The Morgan fingerprint density at radius 1 is 1.30 bits per heavy atom. The maximum Gasteiger partial charge on any atom is 0.339 e. The van der Waals surface area contributed by atoms with E-state index in [-0.39, 0.29) is 5.91 Å². The summed E-state index contributed by atoms with van der Waals surface area (Å²) in [5, 5.41) is 3.55. The molecule has 2 N–H and O–H groups in total. The highest BCUT2D eigenvalue weighted by Crippen LogP contribution is 2.25.